The molecule has 3 aliphatic rings. The fraction of sp³-hybridized carbons (Fsp3) is 0.407. The number of anilines is 6. The van der Waals surface area contributed by atoms with Gasteiger partial charge in [-0.1, -0.05) is 125 Å². The van der Waals surface area contributed by atoms with Crippen LogP contribution in [-0.2, 0) is 34.4 Å². The second-order valence-corrected chi connectivity index (χ2v) is 20.2. The van der Waals surface area contributed by atoms with Crippen LogP contribution in [0.4, 0.5) is 47.3 Å². The molecule has 0 unspecified atom stereocenters. The van der Waals surface area contributed by atoms with Gasteiger partial charge in [0, 0.05) is 55.6 Å². The molecule has 0 radical (unpaired) electrons. The minimum atomic E-state index is -5.07. The van der Waals surface area contributed by atoms with E-state index in [1.807, 2.05) is 23.1 Å². The molecule has 0 fully saturated rings. The van der Waals surface area contributed by atoms with Crippen molar-refractivity contribution >= 4 is 78.6 Å². The third kappa shape index (κ3) is 6.76. The average molecular weight is 869 g/mol. The fourth-order valence-corrected chi connectivity index (χ4v) is 11.6. The number of ether oxygens (including phenoxy) is 1. The second-order valence-electron chi connectivity index (χ2n) is 19.1. The lowest BCUT2D eigenvalue weighted by molar-refractivity contribution is -0.274. The minimum absolute atomic E-state index is 0.0898. The first-order valence-electron chi connectivity index (χ1n) is 28.8. The van der Waals surface area contributed by atoms with Gasteiger partial charge >= 0.3 is 6.36 Å². The molecule has 322 valence electrons. The summed E-state index contributed by atoms with van der Waals surface area (Å²) in [4.78, 5) is 4.45. The number of halogens is 3. The molecule has 3 heterocycles. The highest BCUT2D eigenvalue weighted by Gasteiger charge is 2.47. The van der Waals surface area contributed by atoms with Crippen LogP contribution in [0.5, 0.6) is 5.75 Å². The van der Waals surface area contributed by atoms with Crippen molar-refractivity contribution in [3.63, 3.8) is 0 Å². The highest BCUT2D eigenvalue weighted by Crippen LogP contribution is 2.56. The number of nitrogens with zero attached hydrogens (tertiary/aromatic N) is 2. The summed E-state index contributed by atoms with van der Waals surface area (Å²) >= 11 is 1.57. The third-order valence-corrected chi connectivity index (χ3v) is 14.6. The SMILES string of the molecule is [2H]C([2H])(C)c1cc(C(C)(C)C([2H])([2H])[2H])cc(C([2H])([2H])C([2H])([2H])[2H])c1N1c2ccc(C(C)(C([2H])([2H])[2H])C([2H])([2H])[2H])cc2B2c3ccc4c5c(sc4c3N(c3cccc(OC(F)(F)F)c3)c3cc(C)cc1c32)C(C)(C)CCC5(C)C. The van der Waals surface area contributed by atoms with Gasteiger partial charge < -0.3 is 14.5 Å². The van der Waals surface area contributed by atoms with Crippen molar-refractivity contribution in [2.45, 2.75) is 143 Å². The van der Waals surface area contributed by atoms with Gasteiger partial charge in [0.25, 0.3) is 6.71 Å². The maximum atomic E-state index is 14.1. The minimum Gasteiger partial charge on any atom is -0.406 e. The van der Waals surface area contributed by atoms with Crippen molar-refractivity contribution in [3.05, 3.63) is 117 Å². The Kier molecular flexibility index (Phi) is 6.28. The Morgan fingerprint density at radius 2 is 1.45 bits per heavy atom. The second kappa shape index (κ2) is 14.2. The summed E-state index contributed by atoms with van der Waals surface area (Å²) in [6.45, 7) is 2.02. The van der Waals surface area contributed by atoms with Crippen molar-refractivity contribution in [1.82, 2.24) is 0 Å². The molecule has 0 amide bonds. The van der Waals surface area contributed by atoms with E-state index in [0.717, 1.165) is 46.4 Å². The lowest BCUT2D eigenvalue weighted by Gasteiger charge is -2.45. The van der Waals surface area contributed by atoms with Crippen LogP contribution in [0.25, 0.3) is 10.1 Å². The maximum absolute atomic E-state index is 14.1. The molecule has 9 rings (SSSR count). The summed E-state index contributed by atoms with van der Waals surface area (Å²) in [5.74, 6) is -0.526. The zero-order chi connectivity index (χ0) is 58.2. The van der Waals surface area contributed by atoms with Gasteiger partial charge in [-0.3, -0.25) is 0 Å². The van der Waals surface area contributed by atoms with Crippen LogP contribution in [0.1, 0.15) is 156 Å². The van der Waals surface area contributed by atoms with Gasteiger partial charge in [-0.05, 0) is 140 Å². The van der Waals surface area contributed by atoms with E-state index < -0.39 is 75.4 Å². The van der Waals surface area contributed by atoms with E-state index in [4.69, 9.17) is 16.4 Å². The molecular weight excluding hydrogens is 792 g/mol. The highest BCUT2D eigenvalue weighted by atomic mass is 32.1. The lowest BCUT2D eigenvalue weighted by Crippen LogP contribution is -2.61. The number of thiophene rings is 1. The quantitative estimate of drug-likeness (QED) is 0.160. The number of fused-ring (bicyclic) bond motifs is 8. The van der Waals surface area contributed by atoms with E-state index in [1.54, 1.807) is 30.4 Å². The molecule has 1 aliphatic carbocycles. The van der Waals surface area contributed by atoms with E-state index >= 15 is 0 Å². The van der Waals surface area contributed by atoms with Gasteiger partial charge in [-0.2, -0.15) is 0 Å². The first-order valence-corrected chi connectivity index (χ1v) is 21.6. The molecule has 0 saturated carbocycles. The zero-order valence-electron chi connectivity index (χ0n) is 52.3. The zero-order valence-corrected chi connectivity index (χ0v) is 37.2. The van der Waals surface area contributed by atoms with Crippen LogP contribution < -0.4 is 30.9 Å². The van der Waals surface area contributed by atoms with Crippen molar-refractivity contribution < 1.29 is 39.8 Å². The predicted octanol–water partition coefficient (Wildman–Crippen LogP) is 14.3. The Labute approximate surface area is 393 Å². The predicted molar refractivity (Wildman–Crippen MR) is 259 cm³/mol. The summed E-state index contributed by atoms with van der Waals surface area (Å²) < 4.78 is 190. The van der Waals surface area contributed by atoms with Crippen LogP contribution in [0.15, 0.2) is 78.9 Å². The lowest BCUT2D eigenvalue weighted by atomic mass is 9.33. The molecule has 62 heavy (non-hydrogen) atoms. The number of hydrogen-bond donors (Lipinski definition) is 0. The number of hydrogen-bond acceptors (Lipinski definition) is 4. The van der Waals surface area contributed by atoms with Gasteiger partial charge in [0.1, 0.15) is 5.75 Å². The molecule has 8 heteroatoms. The topological polar surface area (TPSA) is 15.7 Å². The van der Waals surface area contributed by atoms with E-state index in [-0.39, 0.29) is 55.7 Å². The van der Waals surface area contributed by atoms with Gasteiger partial charge in [-0.15, -0.1) is 24.5 Å². The first-order chi connectivity index (χ1) is 35.3. The normalized spacial score (nSPS) is 21.6. The van der Waals surface area contributed by atoms with E-state index in [9.17, 15) is 18.7 Å². The number of alkyl halides is 3. The molecule has 1 aromatic heterocycles. The first kappa shape index (κ1) is 27.5. The third-order valence-electron chi connectivity index (χ3n) is 13.0. The van der Waals surface area contributed by atoms with Crippen LogP contribution in [0.2, 0.25) is 0 Å². The molecule has 0 atom stereocenters. The highest BCUT2D eigenvalue weighted by molar-refractivity contribution is 7.20. The van der Waals surface area contributed by atoms with Gasteiger partial charge in [0.05, 0.1) is 16.1 Å². The number of rotatable bonds is 5. The number of aryl methyl sites for hydroxylation is 3. The van der Waals surface area contributed by atoms with Crippen LogP contribution >= 0.6 is 11.3 Å². The van der Waals surface area contributed by atoms with Crippen LogP contribution in [0, 0.1) is 6.92 Å². The molecule has 0 N–H and O–H groups in total. The summed E-state index contributed by atoms with van der Waals surface area (Å²) in [5.41, 5.74) is -1.92. The summed E-state index contributed by atoms with van der Waals surface area (Å²) in [6.07, 6.45) is -9.18. The molecule has 5 aromatic carbocycles. The summed E-state index contributed by atoms with van der Waals surface area (Å²) in [7, 11) is 0. The Bertz CT molecular complexity index is 3430. The summed E-state index contributed by atoms with van der Waals surface area (Å²) in [6, 6.07) is 19.7. The molecule has 0 bridgehead atoms. The van der Waals surface area contributed by atoms with Gasteiger partial charge in [0.2, 0.25) is 0 Å². The molecule has 0 saturated heterocycles. The monoisotopic (exact) mass is 869 g/mol. The molecule has 3 nitrogen and oxygen atoms in total. The standard InChI is InChI=1S/C54H60BF3N2OS/c1-14-32-27-35(51(7,8)9)28-33(15-2)46(32)60-41-22-19-34(50(4,5)6)29-40(41)55-39-21-20-38-44-49(53(12,13)24-23-52(44,10)11)62-48(38)47(39)59(42-25-31(3)26-43(60)45(42)55)36-17-16-18-37(30-36)61-54(56,57)58/h16-22,25-30H,14-15,23-24H2,1-13H3/i1D3,4D3,5D3,7D3,14D2,15D2. The summed E-state index contributed by atoms with van der Waals surface area (Å²) in [5, 5.41) is 0.908. The maximum Gasteiger partial charge on any atom is 0.573 e. The van der Waals surface area contributed by atoms with Crippen molar-refractivity contribution in [2.24, 2.45) is 0 Å². The fourth-order valence-electron chi connectivity index (χ4n) is 9.94. The van der Waals surface area contributed by atoms with Crippen molar-refractivity contribution in [2.75, 3.05) is 9.80 Å². The average Bonchev–Trinajstić information content (AvgIpc) is 3.13. The Hall–Kier alpha value is -4.69. The van der Waals surface area contributed by atoms with E-state index in [0.29, 0.717) is 27.9 Å². The Morgan fingerprint density at radius 1 is 0.758 bits per heavy atom. The largest absolute Gasteiger partial charge is 0.573 e. The smallest absolute Gasteiger partial charge is 0.406 e. The molecule has 0 spiro atoms. The van der Waals surface area contributed by atoms with Crippen LogP contribution in [0.3, 0.4) is 0 Å². The van der Waals surface area contributed by atoms with Crippen LogP contribution in [-0.4, -0.2) is 13.1 Å². The van der Waals surface area contributed by atoms with E-state index in [2.05, 4.69) is 32.4 Å². The molecule has 2 aliphatic heterocycles. The van der Waals surface area contributed by atoms with Crippen molar-refractivity contribution in [1.29, 1.82) is 0 Å². The number of benzene rings is 5. The van der Waals surface area contributed by atoms with Crippen molar-refractivity contribution in [3.8, 4) is 5.75 Å². The molecular formula is C54H60BF3N2OS. The van der Waals surface area contributed by atoms with Gasteiger partial charge in [0.15, 0.2) is 0 Å². The molecule has 6 aromatic rings. The van der Waals surface area contributed by atoms with E-state index in [1.165, 1.54) is 68.1 Å². The Morgan fingerprint density at radius 3 is 2.13 bits per heavy atom. The van der Waals surface area contributed by atoms with Gasteiger partial charge in [-0.25, -0.2) is 0 Å². The Balaban J connectivity index is 1.52.